The van der Waals surface area contributed by atoms with Crippen LogP contribution in [0.5, 0.6) is 0 Å². The maximum absolute atomic E-state index is 12.6. The number of ether oxygens (including phenoxy) is 2. The lowest BCUT2D eigenvalue weighted by atomic mass is 10.2. The van der Waals surface area contributed by atoms with E-state index < -0.39 is 17.7 Å². The second kappa shape index (κ2) is 7.06. The normalized spacial score (nSPS) is 11.1. The molecular formula is C15H18ClN5O4. The number of carbonyl (C=O) groups is 2. The standard InChI is InChI=1S/C15H18ClN5O4/c1-8-6-9(20-19-8)21(14(23)25-15(2,3)4)10-7-17-11(12(16)18-10)13(22)24-5/h6-7H,1-5H3,(H,19,20). The molecule has 0 saturated heterocycles. The minimum absolute atomic E-state index is 0.0541. The molecule has 2 aromatic heterocycles. The molecule has 0 aromatic carbocycles. The minimum atomic E-state index is -0.733. The van der Waals surface area contributed by atoms with Crippen LogP contribution >= 0.6 is 11.6 Å². The Bertz CT molecular complexity index is 799. The number of H-pyrrole nitrogens is 1. The van der Waals surface area contributed by atoms with E-state index in [1.807, 2.05) is 0 Å². The van der Waals surface area contributed by atoms with Crippen molar-refractivity contribution >= 4 is 35.3 Å². The lowest BCUT2D eigenvalue weighted by Gasteiger charge is -2.25. The van der Waals surface area contributed by atoms with Crippen molar-refractivity contribution in [2.45, 2.75) is 33.3 Å². The number of carbonyl (C=O) groups excluding carboxylic acids is 2. The summed E-state index contributed by atoms with van der Waals surface area (Å²) in [7, 11) is 1.20. The monoisotopic (exact) mass is 367 g/mol. The van der Waals surface area contributed by atoms with E-state index in [0.29, 0.717) is 0 Å². The van der Waals surface area contributed by atoms with E-state index in [4.69, 9.17) is 16.3 Å². The Kier molecular flexibility index (Phi) is 5.27. The van der Waals surface area contributed by atoms with E-state index in [0.717, 1.165) is 10.6 Å². The number of aromatic amines is 1. The highest BCUT2D eigenvalue weighted by atomic mass is 35.5. The average molecular weight is 368 g/mol. The number of aromatic nitrogens is 4. The molecule has 0 bridgehead atoms. The van der Waals surface area contributed by atoms with Crippen molar-refractivity contribution in [2.75, 3.05) is 12.0 Å². The molecule has 0 saturated carbocycles. The van der Waals surface area contributed by atoms with E-state index in [2.05, 4.69) is 24.9 Å². The first-order chi connectivity index (χ1) is 11.6. The van der Waals surface area contributed by atoms with Crippen molar-refractivity contribution in [1.82, 2.24) is 20.2 Å². The van der Waals surface area contributed by atoms with Crippen LogP contribution in [0.3, 0.4) is 0 Å². The Balaban J connectivity index is 2.47. The predicted molar refractivity (Wildman–Crippen MR) is 90.1 cm³/mol. The zero-order chi connectivity index (χ0) is 18.8. The molecule has 0 unspecified atom stereocenters. The van der Waals surface area contributed by atoms with Gasteiger partial charge in [-0.2, -0.15) is 5.10 Å². The highest BCUT2D eigenvalue weighted by Gasteiger charge is 2.29. The highest BCUT2D eigenvalue weighted by Crippen LogP contribution is 2.26. The molecular weight excluding hydrogens is 350 g/mol. The molecule has 2 rings (SSSR count). The van der Waals surface area contributed by atoms with Gasteiger partial charge in [-0.3, -0.25) is 5.10 Å². The van der Waals surface area contributed by atoms with Gasteiger partial charge in [0.25, 0.3) is 0 Å². The van der Waals surface area contributed by atoms with Crippen LogP contribution in [0.2, 0.25) is 5.15 Å². The SMILES string of the molecule is COC(=O)c1ncc(N(C(=O)OC(C)(C)C)c2cc(C)[nH]n2)nc1Cl. The van der Waals surface area contributed by atoms with Crippen molar-refractivity contribution < 1.29 is 19.1 Å². The van der Waals surface area contributed by atoms with Gasteiger partial charge in [0, 0.05) is 11.8 Å². The molecule has 9 nitrogen and oxygen atoms in total. The number of hydrogen-bond acceptors (Lipinski definition) is 7. The summed E-state index contributed by atoms with van der Waals surface area (Å²) in [5.74, 6) is -0.426. The molecule has 1 N–H and O–H groups in total. The number of amides is 1. The van der Waals surface area contributed by atoms with Gasteiger partial charge in [0.05, 0.1) is 13.3 Å². The Morgan fingerprint density at radius 2 is 1.96 bits per heavy atom. The fourth-order valence-electron chi connectivity index (χ4n) is 1.83. The maximum atomic E-state index is 12.6. The smallest absolute Gasteiger partial charge is 0.422 e. The molecule has 2 aromatic rings. The van der Waals surface area contributed by atoms with E-state index in [-0.39, 0.29) is 22.5 Å². The molecule has 134 valence electrons. The largest absolute Gasteiger partial charge is 0.464 e. The van der Waals surface area contributed by atoms with Crippen LogP contribution in [0.4, 0.5) is 16.4 Å². The van der Waals surface area contributed by atoms with Gasteiger partial charge in [0.1, 0.15) is 5.60 Å². The summed E-state index contributed by atoms with van der Waals surface area (Å²) in [5, 5.41) is 6.58. The lowest BCUT2D eigenvalue weighted by molar-refractivity contribution is 0.0588. The third kappa shape index (κ3) is 4.44. The number of esters is 1. The minimum Gasteiger partial charge on any atom is -0.464 e. The zero-order valence-electron chi connectivity index (χ0n) is 14.5. The van der Waals surface area contributed by atoms with Crippen LogP contribution in [0.15, 0.2) is 12.3 Å². The maximum Gasteiger partial charge on any atom is 0.422 e. The molecule has 1 amide bonds. The van der Waals surface area contributed by atoms with E-state index in [1.54, 1.807) is 33.8 Å². The number of hydrogen-bond donors (Lipinski definition) is 1. The molecule has 0 atom stereocenters. The summed E-state index contributed by atoms with van der Waals surface area (Å²) in [6.07, 6.45) is 0.502. The van der Waals surface area contributed by atoms with Gasteiger partial charge in [-0.25, -0.2) is 24.5 Å². The lowest BCUT2D eigenvalue weighted by Crippen LogP contribution is -2.34. The van der Waals surface area contributed by atoms with Crippen molar-refractivity contribution in [2.24, 2.45) is 0 Å². The summed E-state index contributed by atoms with van der Waals surface area (Å²) in [6.45, 7) is 6.98. The number of rotatable bonds is 3. The third-order valence-electron chi connectivity index (χ3n) is 2.82. The third-order valence-corrected chi connectivity index (χ3v) is 3.09. The van der Waals surface area contributed by atoms with Gasteiger partial charge in [-0.1, -0.05) is 11.6 Å². The van der Waals surface area contributed by atoms with Crippen LogP contribution in [-0.4, -0.2) is 44.9 Å². The molecule has 2 heterocycles. The van der Waals surface area contributed by atoms with Crippen LogP contribution in [0.1, 0.15) is 37.0 Å². The van der Waals surface area contributed by atoms with Gasteiger partial charge in [0.15, 0.2) is 22.5 Å². The van der Waals surface area contributed by atoms with Gasteiger partial charge >= 0.3 is 12.1 Å². The van der Waals surface area contributed by atoms with Crippen LogP contribution in [0, 0.1) is 6.92 Å². The fraction of sp³-hybridized carbons (Fsp3) is 0.400. The summed E-state index contributed by atoms with van der Waals surface area (Å²) < 4.78 is 9.96. The molecule has 0 fully saturated rings. The first kappa shape index (κ1) is 18.7. The number of nitrogens with one attached hydrogen (secondary N) is 1. The average Bonchev–Trinajstić information content (AvgIpc) is 2.91. The summed E-state index contributed by atoms with van der Waals surface area (Å²) >= 11 is 6.00. The number of nitrogens with zero attached hydrogens (tertiary/aromatic N) is 4. The molecule has 0 aliphatic heterocycles. The molecule has 0 radical (unpaired) electrons. The number of halogens is 1. The molecule has 0 spiro atoms. The zero-order valence-corrected chi connectivity index (χ0v) is 15.2. The molecule has 0 aliphatic rings. The van der Waals surface area contributed by atoms with Crippen LogP contribution < -0.4 is 4.90 Å². The van der Waals surface area contributed by atoms with E-state index in [9.17, 15) is 9.59 Å². The Morgan fingerprint density at radius 1 is 1.28 bits per heavy atom. The van der Waals surface area contributed by atoms with E-state index in [1.165, 1.54) is 13.3 Å². The van der Waals surface area contributed by atoms with Crippen molar-refractivity contribution in [3.05, 3.63) is 28.8 Å². The number of methoxy groups -OCH3 is 1. The topological polar surface area (TPSA) is 110 Å². The van der Waals surface area contributed by atoms with Gasteiger partial charge < -0.3 is 9.47 Å². The van der Waals surface area contributed by atoms with Crippen LogP contribution in [0.25, 0.3) is 0 Å². The summed E-state index contributed by atoms with van der Waals surface area (Å²) in [4.78, 5) is 33.3. The Hall–Kier alpha value is -2.68. The van der Waals surface area contributed by atoms with E-state index >= 15 is 0 Å². The predicted octanol–water partition coefficient (Wildman–Crippen LogP) is 3.02. The first-order valence-electron chi connectivity index (χ1n) is 7.28. The number of anilines is 2. The molecule has 25 heavy (non-hydrogen) atoms. The van der Waals surface area contributed by atoms with Crippen molar-refractivity contribution in [1.29, 1.82) is 0 Å². The second-order valence-corrected chi connectivity index (χ2v) is 6.44. The Morgan fingerprint density at radius 3 is 2.44 bits per heavy atom. The highest BCUT2D eigenvalue weighted by molar-refractivity contribution is 6.32. The van der Waals surface area contributed by atoms with Gasteiger partial charge in [0.2, 0.25) is 0 Å². The van der Waals surface area contributed by atoms with Gasteiger partial charge in [-0.05, 0) is 27.7 Å². The first-order valence-corrected chi connectivity index (χ1v) is 7.66. The van der Waals surface area contributed by atoms with Gasteiger partial charge in [-0.15, -0.1) is 0 Å². The molecule has 0 aliphatic carbocycles. The quantitative estimate of drug-likeness (QED) is 0.830. The fourth-order valence-corrected chi connectivity index (χ4v) is 2.04. The van der Waals surface area contributed by atoms with Crippen molar-refractivity contribution in [3.8, 4) is 0 Å². The van der Waals surface area contributed by atoms with Crippen LogP contribution in [-0.2, 0) is 9.47 Å². The number of aryl methyl sites for hydroxylation is 1. The second-order valence-electron chi connectivity index (χ2n) is 6.08. The van der Waals surface area contributed by atoms with Crippen molar-refractivity contribution in [3.63, 3.8) is 0 Å². The summed E-state index contributed by atoms with van der Waals surface area (Å²) in [6, 6.07) is 1.63. The summed E-state index contributed by atoms with van der Waals surface area (Å²) in [5.41, 5.74) is -0.159. The molecule has 10 heteroatoms. The Labute approximate surface area is 149 Å².